The van der Waals surface area contributed by atoms with Crippen molar-refractivity contribution in [3.05, 3.63) is 59.8 Å². The van der Waals surface area contributed by atoms with Crippen LogP contribution in [0.15, 0.2) is 48.7 Å². The van der Waals surface area contributed by atoms with Gasteiger partial charge in [-0.3, -0.25) is 0 Å². The second-order valence-electron chi connectivity index (χ2n) is 4.91. The number of anilines is 1. The number of hydrogen-bond donors (Lipinski definition) is 2. The van der Waals surface area contributed by atoms with Crippen molar-refractivity contribution in [1.82, 2.24) is 4.98 Å². The summed E-state index contributed by atoms with van der Waals surface area (Å²) < 4.78 is 0. The standard InChI is InChI=1S/C16H20N2O/c1-2-9-16(19,14-6-4-3-5-7-14)12-13-8-10-18-15(17)11-13/h3-8,10-11,19H,2,9,12H2,1H3,(H2,17,18). The van der Waals surface area contributed by atoms with E-state index in [1.807, 2.05) is 42.5 Å². The van der Waals surface area contributed by atoms with Gasteiger partial charge in [0.2, 0.25) is 0 Å². The van der Waals surface area contributed by atoms with Gasteiger partial charge in [-0.1, -0.05) is 43.7 Å². The Balaban J connectivity index is 2.30. The summed E-state index contributed by atoms with van der Waals surface area (Å²) in [4.78, 5) is 3.98. The SMILES string of the molecule is CCCC(O)(Cc1ccnc(N)c1)c1ccccc1. The van der Waals surface area contributed by atoms with Crippen molar-refractivity contribution >= 4 is 5.82 Å². The third-order valence-corrected chi connectivity index (χ3v) is 3.32. The summed E-state index contributed by atoms with van der Waals surface area (Å²) in [5.41, 5.74) is 6.81. The minimum atomic E-state index is -0.843. The van der Waals surface area contributed by atoms with Crippen molar-refractivity contribution in [3.8, 4) is 0 Å². The molecule has 0 amide bonds. The van der Waals surface area contributed by atoms with Crippen LogP contribution < -0.4 is 5.73 Å². The summed E-state index contributed by atoms with van der Waals surface area (Å²) in [6.45, 7) is 2.08. The van der Waals surface area contributed by atoms with Crippen molar-refractivity contribution in [2.24, 2.45) is 0 Å². The lowest BCUT2D eigenvalue weighted by Gasteiger charge is -2.28. The number of aliphatic hydroxyl groups is 1. The zero-order chi connectivity index (χ0) is 13.7. The molecule has 3 heteroatoms. The fourth-order valence-corrected chi connectivity index (χ4v) is 2.44. The monoisotopic (exact) mass is 256 g/mol. The molecule has 19 heavy (non-hydrogen) atoms. The van der Waals surface area contributed by atoms with Crippen LogP contribution in [0.1, 0.15) is 30.9 Å². The Bertz CT molecular complexity index is 527. The van der Waals surface area contributed by atoms with Crippen LogP contribution in [0, 0.1) is 0 Å². The highest BCUT2D eigenvalue weighted by Crippen LogP contribution is 2.30. The average Bonchev–Trinajstić information content (AvgIpc) is 2.40. The van der Waals surface area contributed by atoms with Crippen molar-refractivity contribution in [3.63, 3.8) is 0 Å². The van der Waals surface area contributed by atoms with Crippen LogP contribution in [-0.2, 0) is 12.0 Å². The maximum atomic E-state index is 11.0. The van der Waals surface area contributed by atoms with Crippen molar-refractivity contribution in [2.45, 2.75) is 31.8 Å². The van der Waals surface area contributed by atoms with Crippen LogP contribution in [0.3, 0.4) is 0 Å². The lowest BCUT2D eigenvalue weighted by molar-refractivity contribution is 0.0269. The molecule has 1 atom stereocenters. The van der Waals surface area contributed by atoms with Gasteiger partial charge in [-0.05, 0) is 29.7 Å². The highest BCUT2D eigenvalue weighted by molar-refractivity contribution is 5.34. The molecule has 0 saturated carbocycles. The Labute approximate surface area is 114 Å². The molecule has 0 aliphatic carbocycles. The van der Waals surface area contributed by atoms with E-state index in [2.05, 4.69) is 11.9 Å². The highest BCUT2D eigenvalue weighted by atomic mass is 16.3. The minimum Gasteiger partial charge on any atom is -0.385 e. The van der Waals surface area contributed by atoms with Crippen LogP contribution in [0.4, 0.5) is 5.82 Å². The Kier molecular flexibility index (Phi) is 4.17. The fourth-order valence-electron chi connectivity index (χ4n) is 2.44. The number of pyridine rings is 1. The highest BCUT2D eigenvalue weighted by Gasteiger charge is 2.28. The number of hydrogen-bond acceptors (Lipinski definition) is 3. The number of nitrogens with two attached hydrogens (primary N) is 1. The maximum Gasteiger partial charge on any atom is 0.123 e. The van der Waals surface area contributed by atoms with E-state index in [0.717, 1.165) is 24.0 Å². The number of nitrogens with zero attached hydrogens (tertiary/aromatic N) is 1. The zero-order valence-corrected chi connectivity index (χ0v) is 11.2. The first-order valence-electron chi connectivity index (χ1n) is 6.62. The number of aromatic nitrogens is 1. The molecule has 2 aromatic rings. The molecular formula is C16H20N2O. The van der Waals surface area contributed by atoms with Gasteiger partial charge in [0.05, 0.1) is 5.60 Å². The molecule has 0 fully saturated rings. The lowest BCUT2D eigenvalue weighted by atomic mass is 9.84. The summed E-state index contributed by atoms with van der Waals surface area (Å²) in [5, 5.41) is 11.0. The van der Waals surface area contributed by atoms with Gasteiger partial charge in [0.15, 0.2) is 0 Å². The molecule has 100 valence electrons. The van der Waals surface area contributed by atoms with Gasteiger partial charge in [-0.15, -0.1) is 0 Å². The molecule has 1 heterocycles. The average molecular weight is 256 g/mol. The molecule has 0 aliphatic heterocycles. The molecule has 0 saturated heterocycles. The van der Waals surface area contributed by atoms with E-state index in [9.17, 15) is 5.11 Å². The van der Waals surface area contributed by atoms with Gasteiger partial charge >= 0.3 is 0 Å². The Morgan fingerprint density at radius 2 is 1.95 bits per heavy atom. The molecule has 3 nitrogen and oxygen atoms in total. The predicted molar refractivity (Wildman–Crippen MR) is 77.6 cm³/mol. The lowest BCUT2D eigenvalue weighted by Crippen LogP contribution is -2.28. The predicted octanol–water partition coefficient (Wildman–Crippen LogP) is 2.89. The van der Waals surface area contributed by atoms with Crippen LogP contribution in [0.25, 0.3) is 0 Å². The Hall–Kier alpha value is -1.87. The van der Waals surface area contributed by atoms with Crippen LogP contribution in [-0.4, -0.2) is 10.1 Å². The van der Waals surface area contributed by atoms with Crippen molar-refractivity contribution in [2.75, 3.05) is 5.73 Å². The van der Waals surface area contributed by atoms with Crippen LogP contribution >= 0.6 is 0 Å². The first-order chi connectivity index (χ1) is 9.14. The van der Waals surface area contributed by atoms with Gasteiger partial charge < -0.3 is 10.8 Å². The molecule has 1 unspecified atom stereocenters. The molecule has 1 aromatic heterocycles. The quantitative estimate of drug-likeness (QED) is 0.864. The largest absolute Gasteiger partial charge is 0.385 e. The normalized spacial score (nSPS) is 14.0. The summed E-state index contributed by atoms with van der Waals surface area (Å²) in [6, 6.07) is 13.5. The smallest absolute Gasteiger partial charge is 0.123 e. The third-order valence-electron chi connectivity index (χ3n) is 3.32. The minimum absolute atomic E-state index is 0.490. The molecule has 0 spiro atoms. The third kappa shape index (κ3) is 3.32. The number of rotatable bonds is 5. The second-order valence-corrected chi connectivity index (χ2v) is 4.91. The van der Waals surface area contributed by atoms with E-state index < -0.39 is 5.60 Å². The topological polar surface area (TPSA) is 59.1 Å². The van der Waals surface area contributed by atoms with Crippen LogP contribution in [0.2, 0.25) is 0 Å². The van der Waals surface area contributed by atoms with E-state index in [-0.39, 0.29) is 0 Å². The summed E-state index contributed by atoms with van der Waals surface area (Å²) >= 11 is 0. The van der Waals surface area contributed by atoms with Gasteiger partial charge in [-0.25, -0.2) is 4.98 Å². The number of nitrogen functional groups attached to an aromatic ring is 1. The summed E-state index contributed by atoms with van der Waals surface area (Å²) in [5.74, 6) is 0.490. The van der Waals surface area contributed by atoms with Gasteiger partial charge in [0.1, 0.15) is 5.82 Å². The van der Waals surface area contributed by atoms with E-state index in [1.165, 1.54) is 0 Å². The Morgan fingerprint density at radius 1 is 1.21 bits per heavy atom. The molecule has 2 rings (SSSR count). The van der Waals surface area contributed by atoms with Crippen LogP contribution in [0.5, 0.6) is 0 Å². The van der Waals surface area contributed by atoms with Gasteiger partial charge in [-0.2, -0.15) is 0 Å². The zero-order valence-electron chi connectivity index (χ0n) is 11.2. The van der Waals surface area contributed by atoms with Gasteiger partial charge in [0, 0.05) is 12.6 Å². The Morgan fingerprint density at radius 3 is 2.58 bits per heavy atom. The van der Waals surface area contributed by atoms with Crippen molar-refractivity contribution in [1.29, 1.82) is 0 Å². The fraction of sp³-hybridized carbons (Fsp3) is 0.312. The molecule has 3 N–H and O–H groups in total. The second kappa shape index (κ2) is 5.85. The maximum absolute atomic E-state index is 11.0. The number of benzene rings is 1. The van der Waals surface area contributed by atoms with E-state index in [4.69, 9.17) is 5.73 Å². The van der Waals surface area contributed by atoms with E-state index in [0.29, 0.717) is 12.2 Å². The van der Waals surface area contributed by atoms with E-state index >= 15 is 0 Å². The van der Waals surface area contributed by atoms with E-state index in [1.54, 1.807) is 6.20 Å². The first kappa shape index (κ1) is 13.6. The van der Waals surface area contributed by atoms with Gasteiger partial charge in [0.25, 0.3) is 0 Å². The molecule has 0 bridgehead atoms. The summed E-state index contributed by atoms with van der Waals surface area (Å²) in [6.07, 6.45) is 3.88. The summed E-state index contributed by atoms with van der Waals surface area (Å²) in [7, 11) is 0. The molecule has 0 radical (unpaired) electrons. The molecule has 0 aliphatic rings. The van der Waals surface area contributed by atoms with Crippen molar-refractivity contribution < 1.29 is 5.11 Å². The molecular weight excluding hydrogens is 236 g/mol. The molecule has 1 aromatic carbocycles. The first-order valence-corrected chi connectivity index (χ1v) is 6.62.